The van der Waals surface area contributed by atoms with Gasteiger partial charge in [0.2, 0.25) is 0 Å². The monoisotopic (exact) mass is 387 g/mol. The topological polar surface area (TPSA) is 46.6 Å². The van der Waals surface area contributed by atoms with Crippen LogP contribution in [0.2, 0.25) is 0 Å². The molecule has 5 heteroatoms. The molecule has 0 bridgehead atoms. The number of methoxy groups -OCH3 is 1. The first kappa shape index (κ1) is 16.7. The first-order valence-electron chi connectivity index (χ1n) is 7.78. The smallest absolute Gasteiger partial charge is 0.313 e. The maximum absolute atomic E-state index is 13.1. The van der Waals surface area contributed by atoms with Crippen molar-refractivity contribution in [3.05, 3.63) is 64.1 Å². The predicted octanol–water partition coefficient (Wildman–Crippen LogP) is 4.14. The summed E-state index contributed by atoms with van der Waals surface area (Å²) < 4.78 is 5.80. The van der Waals surface area contributed by atoms with E-state index in [0.717, 1.165) is 15.7 Å². The molecule has 24 heavy (non-hydrogen) atoms. The average molecular weight is 388 g/mol. The van der Waals surface area contributed by atoms with Gasteiger partial charge in [-0.15, -0.1) is 0 Å². The Morgan fingerprint density at radius 3 is 2.62 bits per heavy atom. The Hall–Kier alpha value is -2.14. The van der Waals surface area contributed by atoms with Gasteiger partial charge in [0.05, 0.1) is 13.0 Å². The third-order valence-electron chi connectivity index (χ3n) is 4.37. The minimum absolute atomic E-state index is 0.0698. The van der Waals surface area contributed by atoms with Gasteiger partial charge in [-0.3, -0.25) is 9.59 Å². The number of esters is 1. The molecule has 3 rings (SSSR count). The van der Waals surface area contributed by atoms with Gasteiger partial charge in [-0.05, 0) is 43.2 Å². The average Bonchev–Trinajstić information content (AvgIpc) is 2.60. The first-order valence-corrected chi connectivity index (χ1v) is 8.58. The van der Waals surface area contributed by atoms with E-state index in [9.17, 15) is 9.59 Å². The highest BCUT2D eigenvalue weighted by molar-refractivity contribution is 9.10. The standard InChI is InChI=1S/C19H18BrNO3/c1-12-10-16(19(23)24-2)15-8-3-4-9-17(15)21(12)18(22)13-6-5-7-14(20)11-13/h3-9,11-12,16H,10H2,1-2H3. The minimum Gasteiger partial charge on any atom is -0.469 e. The quantitative estimate of drug-likeness (QED) is 0.727. The summed E-state index contributed by atoms with van der Waals surface area (Å²) in [7, 11) is 1.40. The molecule has 2 aromatic rings. The van der Waals surface area contributed by atoms with Crippen LogP contribution in [0.4, 0.5) is 5.69 Å². The van der Waals surface area contributed by atoms with Crippen LogP contribution in [-0.4, -0.2) is 25.0 Å². The zero-order valence-electron chi connectivity index (χ0n) is 13.5. The molecule has 0 saturated carbocycles. The predicted molar refractivity (Wildman–Crippen MR) is 96.2 cm³/mol. The highest BCUT2D eigenvalue weighted by Gasteiger charge is 2.37. The maximum atomic E-state index is 13.1. The molecule has 0 spiro atoms. The number of amides is 1. The number of hydrogen-bond donors (Lipinski definition) is 0. The second-order valence-electron chi connectivity index (χ2n) is 5.90. The lowest BCUT2D eigenvalue weighted by molar-refractivity contribution is -0.142. The summed E-state index contributed by atoms with van der Waals surface area (Å²) in [4.78, 5) is 27.0. The number of nitrogens with zero attached hydrogens (tertiary/aromatic N) is 1. The summed E-state index contributed by atoms with van der Waals surface area (Å²) in [6.07, 6.45) is 0.545. The molecule has 4 nitrogen and oxygen atoms in total. The van der Waals surface area contributed by atoms with Crippen molar-refractivity contribution < 1.29 is 14.3 Å². The number of para-hydroxylation sites is 1. The molecule has 2 aromatic carbocycles. The lowest BCUT2D eigenvalue weighted by atomic mass is 9.85. The number of anilines is 1. The minimum atomic E-state index is -0.340. The van der Waals surface area contributed by atoms with E-state index >= 15 is 0 Å². The highest BCUT2D eigenvalue weighted by Crippen LogP contribution is 2.39. The molecule has 2 atom stereocenters. The molecule has 1 amide bonds. The zero-order chi connectivity index (χ0) is 17.3. The van der Waals surface area contributed by atoms with Crippen molar-refractivity contribution in [1.82, 2.24) is 0 Å². The van der Waals surface area contributed by atoms with Crippen molar-refractivity contribution in [1.29, 1.82) is 0 Å². The van der Waals surface area contributed by atoms with E-state index in [-0.39, 0.29) is 23.8 Å². The lowest BCUT2D eigenvalue weighted by Crippen LogP contribution is -2.44. The number of hydrogen-bond acceptors (Lipinski definition) is 3. The Labute approximate surface area is 149 Å². The second kappa shape index (κ2) is 6.77. The third-order valence-corrected chi connectivity index (χ3v) is 4.86. The fourth-order valence-electron chi connectivity index (χ4n) is 3.25. The van der Waals surface area contributed by atoms with Gasteiger partial charge in [0.15, 0.2) is 0 Å². The molecular formula is C19H18BrNO3. The van der Waals surface area contributed by atoms with E-state index < -0.39 is 0 Å². The van der Waals surface area contributed by atoms with E-state index in [1.807, 2.05) is 49.4 Å². The number of halogens is 1. The van der Waals surface area contributed by atoms with Gasteiger partial charge < -0.3 is 9.64 Å². The van der Waals surface area contributed by atoms with Gasteiger partial charge in [0.25, 0.3) is 5.91 Å². The summed E-state index contributed by atoms with van der Waals surface area (Å²) in [5.41, 5.74) is 2.23. The summed E-state index contributed by atoms with van der Waals surface area (Å²) in [5, 5.41) is 0. The molecule has 0 N–H and O–H groups in total. The van der Waals surface area contributed by atoms with Crippen LogP contribution in [-0.2, 0) is 9.53 Å². The fourth-order valence-corrected chi connectivity index (χ4v) is 3.65. The summed E-state index contributed by atoms with van der Waals surface area (Å²) in [5.74, 6) is -0.670. The van der Waals surface area contributed by atoms with Crippen molar-refractivity contribution >= 4 is 33.5 Å². The van der Waals surface area contributed by atoms with Gasteiger partial charge >= 0.3 is 5.97 Å². The maximum Gasteiger partial charge on any atom is 0.313 e. The van der Waals surface area contributed by atoms with Crippen LogP contribution >= 0.6 is 15.9 Å². The van der Waals surface area contributed by atoms with Gasteiger partial charge in [0, 0.05) is 21.8 Å². The fraction of sp³-hybridized carbons (Fsp3) is 0.263. The molecule has 0 aliphatic carbocycles. The summed E-state index contributed by atoms with van der Waals surface area (Å²) >= 11 is 3.41. The van der Waals surface area contributed by atoms with Gasteiger partial charge in [-0.1, -0.05) is 40.2 Å². The van der Waals surface area contributed by atoms with Gasteiger partial charge in [-0.2, -0.15) is 0 Å². The number of ether oxygens (including phenoxy) is 1. The number of fused-ring (bicyclic) bond motifs is 1. The van der Waals surface area contributed by atoms with E-state index in [1.54, 1.807) is 11.0 Å². The molecule has 0 radical (unpaired) electrons. The molecule has 0 aromatic heterocycles. The molecule has 0 fully saturated rings. The summed E-state index contributed by atoms with van der Waals surface area (Å²) in [6, 6.07) is 14.8. The molecule has 1 aliphatic rings. The molecule has 2 unspecified atom stereocenters. The van der Waals surface area contributed by atoms with E-state index in [1.165, 1.54) is 7.11 Å². The van der Waals surface area contributed by atoms with E-state index in [2.05, 4.69) is 15.9 Å². The van der Waals surface area contributed by atoms with Crippen LogP contribution in [0, 0.1) is 0 Å². The Morgan fingerprint density at radius 2 is 1.92 bits per heavy atom. The van der Waals surface area contributed by atoms with Crippen molar-refractivity contribution in [2.45, 2.75) is 25.3 Å². The van der Waals surface area contributed by atoms with Crippen LogP contribution in [0.15, 0.2) is 53.0 Å². The Morgan fingerprint density at radius 1 is 1.17 bits per heavy atom. The SMILES string of the molecule is COC(=O)C1CC(C)N(C(=O)c2cccc(Br)c2)c2ccccc21. The van der Waals surface area contributed by atoms with Crippen LogP contribution in [0.25, 0.3) is 0 Å². The van der Waals surface area contributed by atoms with Crippen LogP contribution in [0.5, 0.6) is 0 Å². The Balaban J connectivity index is 2.05. The van der Waals surface area contributed by atoms with Gasteiger partial charge in [-0.25, -0.2) is 0 Å². The number of benzene rings is 2. The number of carbonyl (C=O) groups excluding carboxylic acids is 2. The van der Waals surface area contributed by atoms with Crippen LogP contribution in [0.1, 0.15) is 35.2 Å². The zero-order valence-corrected chi connectivity index (χ0v) is 15.1. The van der Waals surface area contributed by atoms with Crippen LogP contribution in [0.3, 0.4) is 0 Å². The molecule has 124 valence electrons. The van der Waals surface area contributed by atoms with Crippen molar-refractivity contribution in [2.24, 2.45) is 0 Å². The second-order valence-corrected chi connectivity index (χ2v) is 6.82. The molecular weight excluding hydrogens is 370 g/mol. The molecule has 1 heterocycles. The van der Waals surface area contributed by atoms with Crippen molar-refractivity contribution in [3.8, 4) is 0 Å². The Bertz CT molecular complexity index is 790. The van der Waals surface area contributed by atoms with Crippen molar-refractivity contribution in [2.75, 3.05) is 12.0 Å². The molecule has 0 saturated heterocycles. The largest absolute Gasteiger partial charge is 0.469 e. The lowest BCUT2D eigenvalue weighted by Gasteiger charge is -2.38. The summed E-state index contributed by atoms with van der Waals surface area (Å²) in [6.45, 7) is 1.96. The van der Waals surface area contributed by atoms with Crippen molar-refractivity contribution in [3.63, 3.8) is 0 Å². The van der Waals surface area contributed by atoms with E-state index in [4.69, 9.17) is 4.74 Å². The highest BCUT2D eigenvalue weighted by atomic mass is 79.9. The Kier molecular flexibility index (Phi) is 4.71. The normalized spacial score (nSPS) is 19.5. The first-order chi connectivity index (χ1) is 11.5. The number of rotatable bonds is 2. The van der Waals surface area contributed by atoms with Gasteiger partial charge in [0.1, 0.15) is 0 Å². The number of carbonyl (C=O) groups is 2. The third kappa shape index (κ3) is 2.96. The van der Waals surface area contributed by atoms with Crippen LogP contribution < -0.4 is 4.90 Å². The van der Waals surface area contributed by atoms with E-state index in [0.29, 0.717) is 12.0 Å². The molecule has 1 aliphatic heterocycles.